The molecular weight excluding hydrogens is 420 g/mol. The van der Waals surface area contributed by atoms with E-state index < -0.39 is 5.92 Å². The Labute approximate surface area is 165 Å². The standard InChI is InChI=1S/C18H20BrClN4O2/c1-4-10-7-5-6-8-12(10)21-17(25)14-11(9-23(2)18(14)26)13-15(19)22-24(3)16(13)20/h5-8,11,14H,4,9H2,1-3H3,(H,21,25)/t11-,14+/m1/s1. The number of amides is 2. The number of nitrogens with one attached hydrogen (secondary N) is 1. The van der Waals surface area contributed by atoms with Gasteiger partial charge in [0.25, 0.3) is 0 Å². The minimum atomic E-state index is -0.845. The van der Waals surface area contributed by atoms with Crippen LogP contribution in [0.5, 0.6) is 0 Å². The van der Waals surface area contributed by atoms with Crippen molar-refractivity contribution >= 4 is 45.0 Å². The zero-order chi connectivity index (χ0) is 19.0. The molecule has 138 valence electrons. The third kappa shape index (κ3) is 3.25. The fraction of sp³-hybridized carbons (Fsp3) is 0.389. The van der Waals surface area contributed by atoms with Crippen LogP contribution in [0, 0.1) is 5.92 Å². The van der Waals surface area contributed by atoms with Gasteiger partial charge in [-0.3, -0.25) is 14.3 Å². The second-order valence-corrected chi connectivity index (χ2v) is 7.53. The highest BCUT2D eigenvalue weighted by atomic mass is 79.9. The number of hydrogen-bond acceptors (Lipinski definition) is 3. The van der Waals surface area contributed by atoms with Gasteiger partial charge in [-0.25, -0.2) is 0 Å². The van der Waals surface area contributed by atoms with Crippen LogP contribution in [0.15, 0.2) is 28.9 Å². The monoisotopic (exact) mass is 438 g/mol. The molecule has 0 radical (unpaired) electrons. The van der Waals surface area contributed by atoms with Crippen LogP contribution in [0.25, 0.3) is 0 Å². The van der Waals surface area contributed by atoms with E-state index in [0.717, 1.165) is 17.7 Å². The molecule has 2 atom stereocenters. The molecule has 0 saturated carbocycles. The molecule has 1 N–H and O–H groups in total. The van der Waals surface area contributed by atoms with Gasteiger partial charge in [-0.05, 0) is 34.0 Å². The first-order valence-corrected chi connectivity index (χ1v) is 9.53. The van der Waals surface area contributed by atoms with Gasteiger partial charge in [-0.1, -0.05) is 36.7 Å². The molecule has 1 saturated heterocycles. The van der Waals surface area contributed by atoms with Crippen molar-refractivity contribution in [1.82, 2.24) is 14.7 Å². The third-order valence-electron chi connectivity index (χ3n) is 4.79. The van der Waals surface area contributed by atoms with E-state index in [2.05, 4.69) is 26.3 Å². The maximum absolute atomic E-state index is 13.0. The fourth-order valence-electron chi connectivity index (χ4n) is 3.41. The molecule has 3 rings (SSSR count). The van der Waals surface area contributed by atoms with Crippen molar-refractivity contribution in [2.45, 2.75) is 19.3 Å². The number of hydrogen-bond donors (Lipinski definition) is 1. The van der Waals surface area contributed by atoms with Crippen molar-refractivity contribution in [3.63, 3.8) is 0 Å². The molecule has 1 aromatic heterocycles. The molecule has 1 aliphatic rings. The molecule has 1 fully saturated rings. The summed E-state index contributed by atoms with van der Waals surface area (Å²) < 4.78 is 2.09. The maximum atomic E-state index is 13.0. The van der Waals surface area contributed by atoms with Gasteiger partial charge in [0.15, 0.2) is 0 Å². The highest BCUT2D eigenvalue weighted by Crippen LogP contribution is 2.40. The van der Waals surface area contributed by atoms with E-state index in [9.17, 15) is 9.59 Å². The smallest absolute Gasteiger partial charge is 0.237 e. The van der Waals surface area contributed by atoms with Gasteiger partial charge in [0.2, 0.25) is 11.8 Å². The molecule has 0 aliphatic carbocycles. The number of likely N-dealkylation sites (N-methyl/N-ethyl adjacent to an activating group) is 1. The summed E-state index contributed by atoms with van der Waals surface area (Å²) >= 11 is 9.78. The minimum absolute atomic E-state index is 0.215. The molecule has 1 aliphatic heterocycles. The van der Waals surface area contributed by atoms with Gasteiger partial charge in [0.1, 0.15) is 15.7 Å². The second-order valence-electron chi connectivity index (χ2n) is 6.42. The van der Waals surface area contributed by atoms with Gasteiger partial charge < -0.3 is 10.2 Å². The summed E-state index contributed by atoms with van der Waals surface area (Å²) in [7, 11) is 3.42. The Bertz CT molecular complexity index is 867. The minimum Gasteiger partial charge on any atom is -0.344 e. The van der Waals surface area contributed by atoms with Gasteiger partial charge in [-0.15, -0.1) is 0 Å². The van der Waals surface area contributed by atoms with Crippen LogP contribution in [0.2, 0.25) is 5.15 Å². The van der Waals surface area contributed by atoms with E-state index in [0.29, 0.717) is 21.9 Å². The molecule has 2 heterocycles. The number of rotatable bonds is 4. The van der Waals surface area contributed by atoms with Gasteiger partial charge in [-0.2, -0.15) is 5.10 Å². The molecule has 2 amide bonds. The molecule has 0 bridgehead atoms. The largest absolute Gasteiger partial charge is 0.344 e. The van der Waals surface area contributed by atoms with Crippen molar-refractivity contribution < 1.29 is 9.59 Å². The van der Waals surface area contributed by atoms with E-state index >= 15 is 0 Å². The predicted octanol–water partition coefficient (Wildman–Crippen LogP) is 3.21. The first-order chi connectivity index (χ1) is 12.3. The molecule has 26 heavy (non-hydrogen) atoms. The molecule has 0 spiro atoms. The Kier molecular flexibility index (Phi) is 5.39. The maximum Gasteiger partial charge on any atom is 0.237 e. The van der Waals surface area contributed by atoms with Crippen LogP contribution in [0.3, 0.4) is 0 Å². The number of likely N-dealkylation sites (tertiary alicyclic amines) is 1. The summed E-state index contributed by atoms with van der Waals surface area (Å²) in [4.78, 5) is 27.3. The summed E-state index contributed by atoms with van der Waals surface area (Å²) in [5, 5.41) is 7.61. The number of anilines is 1. The number of aromatic nitrogens is 2. The fourth-order valence-corrected chi connectivity index (χ4v) is 4.51. The van der Waals surface area contributed by atoms with Crippen LogP contribution in [-0.2, 0) is 23.1 Å². The lowest BCUT2D eigenvalue weighted by Gasteiger charge is -2.17. The summed E-state index contributed by atoms with van der Waals surface area (Å²) in [6.07, 6.45) is 0.790. The van der Waals surface area contributed by atoms with Crippen molar-refractivity contribution in [3.05, 3.63) is 45.1 Å². The van der Waals surface area contributed by atoms with Crippen molar-refractivity contribution in [1.29, 1.82) is 0 Å². The summed E-state index contributed by atoms with van der Waals surface area (Å²) in [5.41, 5.74) is 2.45. The second kappa shape index (κ2) is 7.40. The molecule has 1 aromatic carbocycles. The van der Waals surface area contributed by atoms with E-state index in [1.54, 1.807) is 19.0 Å². The highest BCUT2D eigenvalue weighted by molar-refractivity contribution is 9.10. The predicted molar refractivity (Wildman–Crippen MR) is 104 cm³/mol. The summed E-state index contributed by atoms with van der Waals surface area (Å²) in [5.74, 6) is -1.75. The molecule has 2 aromatic rings. The van der Waals surface area contributed by atoms with Crippen molar-refractivity contribution in [2.24, 2.45) is 13.0 Å². The van der Waals surface area contributed by atoms with E-state index in [1.807, 2.05) is 31.2 Å². The molecule has 0 unspecified atom stereocenters. The zero-order valence-electron chi connectivity index (χ0n) is 14.8. The normalized spacial score (nSPS) is 19.9. The topological polar surface area (TPSA) is 67.2 Å². The number of para-hydroxylation sites is 1. The lowest BCUT2D eigenvalue weighted by Crippen LogP contribution is -2.33. The quantitative estimate of drug-likeness (QED) is 0.744. The Morgan fingerprint density at radius 3 is 2.69 bits per heavy atom. The van der Waals surface area contributed by atoms with Gasteiger partial charge >= 0.3 is 0 Å². The SMILES string of the molecule is CCc1ccccc1NC(=O)[C@H]1C(=O)N(C)C[C@@H]1c1c(Br)nn(C)c1Cl. The van der Waals surface area contributed by atoms with Gasteiger partial charge in [0.05, 0.1) is 0 Å². The number of halogens is 2. The molecule has 6 nitrogen and oxygen atoms in total. The highest BCUT2D eigenvalue weighted by Gasteiger charge is 2.46. The van der Waals surface area contributed by atoms with Crippen LogP contribution in [-0.4, -0.2) is 40.1 Å². The first kappa shape index (κ1) is 18.9. The lowest BCUT2D eigenvalue weighted by molar-refractivity contribution is -0.135. The Morgan fingerprint density at radius 1 is 1.38 bits per heavy atom. The van der Waals surface area contributed by atoms with Crippen LogP contribution < -0.4 is 5.32 Å². The third-order valence-corrected chi connectivity index (χ3v) is 5.83. The van der Waals surface area contributed by atoms with Crippen molar-refractivity contribution in [3.8, 4) is 0 Å². The first-order valence-electron chi connectivity index (χ1n) is 8.36. The Hall–Kier alpha value is -1.86. The number of carbonyl (C=O) groups is 2. The van der Waals surface area contributed by atoms with Gasteiger partial charge in [0, 0.05) is 37.8 Å². The van der Waals surface area contributed by atoms with Crippen LogP contribution in [0.1, 0.15) is 24.0 Å². The molecule has 8 heteroatoms. The summed E-state index contributed by atoms with van der Waals surface area (Å²) in [6, 6.07) is 7.61. The van der Waals surface area contributed by atoms with Crippen molar-refractivity contribution in [2.75, 3.05) is 18.9 Å². The Balaban J connectivity index is 1.95. The molecular formula is C18H20BrClN4O2. The van der Waals surface area contributed by atoms with E-state index in [-0.39, 0.29) is 17.7 Å². The van der Waals surface area contributed by atoms with E-state index in [4.69, 9.17) is 11.6 Å². The number of aryl methyl sites for hydroxylation is 2. The zero-order valence-corrected chi connectivity index (χ0v) is 17.1. The number of nitrogens with zero attached hydrogens (tertiary/aromatic N) is 3. The number of benzene rings is 1. The summed E-state index contributed by atoms with van der Waals surface area (Å²) in [6.45, 7) is 2.44. The van der Waals surface area contributed by atoms with Crippen LogP contribution in [0.4, 0.5) is 5.69 Å². The Morgan fingerprint density at radius 2 is 2.08 bits per heavy atom. The van der Waals surface area contributed by atoms with Crippen LogP contribution >= 0.6 is 27.5 Å². The average molecular weight is 440 g/mol. The average Bonchev–Trinajstić information content (AvgIpc) is 3.03. The number of carbonyl (C=O) groups excluding carboxylic acids is 2. The lowest BCUT2D eigenvalue weighted by atomic mass is 9.89. The van der Waals surface area contributed by atoms with E-state index in [1.165, 1.54) is 4.68 Å².